The second kappa shape index (κ2) is 6.72. The highest BCUT2D eigenvalue weighted by molar-refractivity contribution is 6.04. The average Bonchev–Trinajstić information content (AvgIpc) is 3.12. The molecule has 1 amide bonds. The number of rotatable bonds is 3. The summed E-state index contributed by atoms with van der Waals surface area (Å²) >= 11 is 0. The average molecular weight is 362 g/mol. The highest BCUT2D eigenvalue weighted by Gasteiger charge is 2.34. The van der Waals surface area contributed by atoms with E-state index < -0.39 is 5.63 Å². The molecule has 1 aliphatic heterocycles. The molecule has 1 atom stereocenters. The Kier molecular flexibility index (Phi) is 4.24. The third-order valence-corrected chi connectivity index (χ3v) is 4.68. The van der Waals surface area contributed by atoms with Crippen LogP contribution in [0.1, 0.15) is 30.5 Å². The second-order valence-electron chi connectivity index (χ2n) is 6.36. The summed E-state index contributed by atoms with van der Waals surface area (Å²) in [7, 11) is 1.59. The fourth-order valence-electron chi connectivity index (χ4n) is 3.41. The molecule has 2 heterocycles. The Morgan fingerprint density at radius 3 is 2.70 bits per heavy atom. The van der Waals surface area contributed by atoms with Crippen LogP contribution in [0.5, 0.6) is 5.75 Å². The topological polar surface area (TPSA) is 72.1 Å². The SMILES string of the molecule is COc1ccccc1C1CC(c2cc3ccccc3oc2=O)=NN1C(C)=O. The van der Waals surface area contributed by atoms with Gasteiger partial charge in [-0.05, 0) is 18.2 Å². The molecule has 6 nitrogen and oxygen atoms in total. The van der Waals surface area contributed by atoms with Crippen molar-refractivity contribution in [2.24, 2.45) is 5.10 Å². The Hall–Kier alpha value is -3.41. The smallest absolute Gasteiger partial charge is 0.345 e. The molecule has 0 radical (unpaired) electrons. The zero-order valence-corrected chi connectivity index (χ0v) is 15.0. The van der Waals surface area contributed by atoms with Gasteiger partial charge in [0.15, 0.2) is 0 Å². The van der Waals surface area contributed by atoms with Gasteiger partial charge in [0, 0.05) is 24.3 Å². The van der Waals surface area contributed by atoms with E-state index >= 15 is 0 Å². The minimum Gasteiger partial charge on any atom is -0.496 e. The van der Waals surface area contributed by atoms with Gasteiger partial charge in [0.2, 0.25) is 5.91 Å². The molecule has 0 bridgehead atoms. The van der Waals surface area contributed by atoms with Crippen LogP contribution in [0.4, 0.5) is 0 Å². The molecule has 27 heavy (non-hydrogen) atoms. The number of benzene rings is 2. The second-order valence-corrected chi connectivity index (χ2v) is 6.36. The Morgan fingerprint density at radius 1 is 1.19 bits per heavy atom. The zero-order valence-electron chi connectivity index (χ0n) is 15.0. The van der Waals surface area contributed by atoms with E-state index in [9.17, 15) is 9.59 Å². The maximum absolute atomic E-state index is 12.5. The minimum atomic E-state index is -0.461. The quantitative estimate of drug-likeness (QED) is 0.669. The standard InChI is InChI=1S/C21H18N2O4/c1-13(24)23-18(15-8-4-6-10-20(15)26-2)12-17(22-23)16-11-14-7-3-5-9-19(14)27-21(16)25/h3-11,18H,12H2,1-2H3. The molecule has 0 saturated carbocycles. The number of hydrogen-bond acceptors (Lipinski definition) is 5. The van der Waals surface area contributed by atoms with E-state index in [1.54, 1.807) is 19.2 Å². The van der Waals surface area contributed by atoms with E-state index in [0.29, 0.717) is 29.0 Å². The van der Waals surface area contributed by atoms with E-state index in [4.69, 9.17) is 9.15 Å². The minimum absolute atomic E-state index is 0.203. The third-order valence-electron chi connectivity index (χ3n) is 4.68. The van der Waals surface area contributed by atoms with Gasteiger partial charge in [-0.15, -0.1) is 0 Å². The number of carbonyl (C=O) groups excluding carboxylic acids is 1. The van der Waals surface area contributed by atoms with Crippen LogP contribution in [-0.4, -0.2) is 23.7 Å². The number of amides is 1. The van der Waals surface area contributed by atoms with E-state index in [2.05, 4.69) is 5.10 Å². The molecule has 6 heteroatoms. The molecule has 136 valence electrons. The molecule has 0 N–H and O–H groups in total. The first-order valence-electron chi connectivity index (χ1n) is 8.62. The molecule has 2 aromatic carbocycles. The number of para-hydroxylation sites is 2. The normalized spacial score (nSPS) is 16.4. The first-order chi connectivity index (χ1) is 13.1. The monoisotopic (exact) mass is 362 g/mol. The van der Waals surface area contributed by atoms with Crippen LogP contribution >= 0.6 is 0 Å². The number of hydrazone groups is 1. The zero-order chi connectivity index (χ0) is 19.0. The van der Waals surface area contributed by atoms with E-state index in [1.807, 2.05) is 42.5 Å². The van der Waals surface area contributed by atoms with Gasteiger partial charge in [-0.2, -0.15) is 5.10 Å². The molecule has 1 aliphatic rings. The maximum Gasteiger partial charge on any atom is 0.345 e. The lowest BCUT2D eigenvalue weighted by molar-refractivity contribution is -0.130. The van der Waals surface area contributed by atoms with Crippen molar-refractivity contribution in [1.29, 1.82) is 0 Å². The first kappa shape index (κ1) is 17.0. The molecule has 0 aliphatic carbocycles. The summed E-state index contributed by atoms with van der Waals surface area (Å²) in [5.74, 6) is 0.474. The lowest BCUT2D eigenvalue weighted by atomic mass is 9.98. The van der Waals surface area contributed by atoms with Crippen LogP contribution in [0, 0.1) is 0 Å². The summed E-state index contributed by atoms with van der Waals surface area (Å²) in [6, 6.07) is 16.2. The lowest BCUT2D eigenvalue weighted by Crippen LogP contribution is -2.24. The molecular weight excluding hydrogens is 344 g/mol. The summed E-state index contributed by atoms with van der Waals surface area (Å²) in [4.78, 5) is 24.7. The van der Waals surface area contributed by atoms with Crippen molar-refractivity contribution < 1.29 is 13.9 Å². The van der Waals surface area contributed by atoms with Gasteiger partial charge in [-0.1, -0.05) is 36.4 Å². The number of carbonyl (C=O) groups is 1. The van der Waals surface area contributed by atoms with Crippen LogP contribution < -0.4 is 10.4 Å². The van der Waals surface area contributed by atoms with Crippen molar-refractivity contribution in [2.45, 2.75) is 19.4 Å². The maximum atomic E-state index is 12.5. The Bertz CT molecular complexity index is 1120. The highest BCUT2D eigenvalue weighted by atomic mass is 16.5. The summed E-state index contributed by atoms with van der Waals surface area (Å²) in [6.07, 6.45) is 0.406. The van der Waals surface area contributed by atoms with Crippen LogP contribution in [0.2, 0.25) is 0 Å². The van der Waals surface area contributed by atoms with Crippen LogP contribution in [-0.2, 0) is 4.79 Å². The van der Waals surface area contributed by atoms with E-state index in [1.165, 1.54) is 11.9 Å². The van der Waals surface area contributed by atoms with Gasteiger partial charge in [0.25, 0.3) is 0 Å². The largest absolute Gasteiger partial charge is 0.496 e. The number of fused-ring (bicyclic) bond motifs is 1. The van der Waals surface area contributed by atoms with Crippen LogP contribution in [0.15, 0.2) is 68.9 Å². The van der Waals surface area contributed by atoms with Gasteiger partial charge >= 0.3 is 5.63 Å². The molecule has 4 rings (SSSR count). The van der Waals surface area contributed by atoms with Gasteiger partial charge in [0.1, 0.15) is 11.3 Å². The summed E-state index contributed by atoms with van der Waals surface area (Å²) < 4.78 is 10.9. The predicted molar refractivity (Wildman–Crippen MR) is 102 cm³/mol. The van der Waals surface area contributed by atoms with Gasteiger partial charge in [0.05, 0.1) is 24.4 Å². The van der Waals surface area contributed by atoms with Crippen molar-refractivity contribution in [3.05, 3.63) is 76.1 Å². The number of methoxy groups -OCH3 is 1. The van der Waals surface area contributed by atoms with Crippen molar-refractivity contribution in [1.82, 2.24) is 5.01 Å². The van der Waals surface area contributed by atoms with E-state index in [0.717, 1.165) is 10.9 Å². The van der Waals surface area contributed by atoms with E-state index in [-0.39, 0.29) is 11.9 Å². The third kappa shape index (κ3) is 2.99. The Morgan fingerprint density at radius 2 is 1.93 bits per heavy atom. The Balaban J connectivity index is 1.79. The molecule has 0 fully saturated rings. The van der Waals surface area contributed by atoms with Crippen molar-refractivity contribution in [3.8, 4) is 5.75 Å². The number of hydrogen-bond donors (Lipinski definition) is 0. The summed E-state index contributed by atoms with van der Waals surface area (Å²) in [5.41, 5.74) is 1.81. The highest BCUT2D eigenvalue weighted by Crippen LogP contribution is 2.37. The number of nitrogens with zero attached hydrogens (tertiary/aromatic N) is 2. The summed E-state index contributed by atoms with van der Waals surface area (Å²) in [5, 5.41) is 6.66. The van der Waals surface area contributed by atoms with Crippen molar-refractivity contribution in [3.63, 3.8) is 0 Å². The molecule has 3 aromatic rings. The fourth-order valence-corrected chi connectivity index (χ4v) is 3.41. The summed E-state index contributed by atoms with van der Waals surface area (Å²) in [6.45, 7) is 1.46. The number of ether oxygens (including phenoxy) is 1. The molecule has 1 aromatic heterocycles. The van der Waals surface area contributed by atoms with Crippen LogP contribution in [0.25, 0.3) is 11.0 Å². The first-order valence-corrected chi connectivity index (χ1v) is 8.62. The molecule has 0 saturated heterocycles. The van der Waals surface area contributed by atoms with Gasteiger partial charge in [-0.25, -0.2) is 9.80 Å². The van der Waals surface area contributed by atoms with Gasteiger partial charge in [-0.3, -0.25) is 4.79 Å². The van der Waals surface area contributed by atoms with Crippen molar-refractivity contribution in [2.75, 3.05) is 7.11 Å². The van der Waals surface area contributed by atoms with Crippen molar-refractivity contribution >= 4 is 22.6 Å². The lowest BCUT2D eigenvalue weighted by Gasteiger charge is -2.22. The molecule has 1 unspecified atom stereocenters. The molecule has 0 spiro atoms. The predicted octanol–water partition coefficient (Wildman–Crippen LogP) is 3.50. The fraction of sp³-hybridized carbons (Fsp3) is 0.190. The Labute approximate surface area is 155 Å². The van der Waals surface area contributed by atoms with Gasteiger partial charge < -0.3 is 9.15 Å². The molecular formula is C21H18N2O4. The van der Waals surface area contributed by atoms with Crippen LogP contribution in [0.3, 0.4) is 0 Å².